The van der Waals surface area contributed by atoms with Gasteiger partial charge in [-0.15, -0.1) is 0 Å². The number of hydrogen-bond donors (Lipinski definition) is 3. The van der Waals surface area contributed by atoms with Gasteiger partial charge in [-0.2, -0.15) is 0 Å². The molecule has 2 aliphatic heterocycles. The number of nitrogen functional groups attached to an aromatic ring is 1. The fraction of sp³-hybridized carbons (Fsp3) is 0.419. The van der Waals surface area contributed by atoms with Gasteiger partial charge in [0.25, 0.3) is 0 Å². The van der Waals surface area contributed by atoms with Crippen molar-refractivity contribution >= 4 is 28.7 Å². The lowest BCUT2D eigenvalue weighted by atomic mass is 10.0. The molecule has 0 bridgehead atoms. The Bertz CT molecular complexity index is 1590. The van der Waals surface area contributed by atoms with Crippen molar-refractivity contribution in [3.05, 3.63) is 66.7 Å². The molecule has 226 valence electrons. The predicted octanol–water partition coefficient (Wildman–Crippen LogP) is 3.95. The molecule has 43 heavy (non-hydrogen) atoms. The first-order valence-corrected chi connectivity index (χ1v) is 14.5. The van der Waals surface area contributed by atoms with Crippen LogP contribution in [0.2, 0.25) is 0 Å². The van der Waals surface area contributed by atoms with E-state index in [2.05, 4.69) is 55.6 Å². The third-order valence-corrected chi connectivity index (χ3v) is 7.77. The molecule has 0 aliphatic carbocycles. The highest BCUT2D eigenvalue weighted by Gasteiger charge is 2.56. The van der Waals surface area contributed by atoms with E-state index in [0.717, 1.165) is 29.8 Å². The van der Waals surface area contributed by atoms with Crippen molar-refractivity contribution in [2.75, 3.05) is 37.7 Å². The lowest BCUT2D eigenvalue weighted by Crippen LogP contribution is -2.39. The first-order valence-electron chi connectivity index (χ1n) is 14.5. The molecule has 4 heterocycles. The molecule has 0 spiro atoms. The van der Waals surface area contributed by atoms with Crippen molar-refractivity contribution in [2.24, 2.45) is 0 Å². The van der Waals surface area contributed by atoms with E-state index in [1.165, 1.54) is 11.9 Å². The van der Waals surface area contributed by atoms with E-state index in [-0.39, 0.29) is 24.3 Å². The number of nitrogens with two attached hydrogens (primary N) is 1. The second-order valence-electron chi connectivity index (χ2n) is 11.7. The molecule has 0 unspecified atom stereocenters. The normalized spacial score (nSPS) is 22.6. The topological polar surface area (TPSA) is 142 Å². The number of amides is 2. The summed E-state index contributed by atoms with van der Waals surface area (Å²) in [7, 11) is 2.03. The maximum Gasteiger partial charge on any atom is 0.319 e. The van der Waals surface area contributed by atoms with E-state index in [9.17, 15) is 4.79 Å². The Hall–Kier alpha value is -4.10. The standard InChI is InChI=1S/C31H38N8O4/c1-19-7-5-8-21(15-19)20-9-11-22(12-10-20)37-30(40)33-13-6-14-38(4)16-23-25-26(43-31(2,3)42-25)29(41-23)39-18-36-24-27(32)34-17-35-28(24)39/h5,7-12,15,17-18,23,25-26,29H,6,13-14,16H2,1-4H3,(H2,32,34,35)(H2,33,37,40)/t23-,25-,26-,29-/m1/s1. The zero-order chi connectivity index (χ0) is 30.1. The number of rotatable bonds is 9. The molecule has 12 nitrogen and oxygen atoms in total. The number of aromatic nitrogens is 4. The zero-order valence-electron chi connectivity index (χ0n) is 24.9. The Kier molecular flexibility index (Phi) is 8.01. The SMILES string of the molecule is Cc1cccc(-c2ccc(NC(=O)NCCCN(C)C[C@H]3O[C@@H](n4cnc5c(N)ncnc54)[C@@H]4OC(C)(C)O[C@@H]43)cc2)c1. The molecule has 4 N–H and O–H groups in total. The molecule has 2 amide bonds. The highest BCUT2D eigenvalue weighted by Crippen LogP contribution is 2.44. The van der Waals surface area contributed by atoms with Crippen molar-refractivity contribution in [3.8, 4) is 11.1 Å². The number of carbonyl (C=O) groups excluding carboxylic acids is 1. The Morgan fingerprint density at radius 2 is 1.86 bits per heavy atom. The number of nitrogens with one attached hydrogen (secondary N) is 2. The number of carbonyl (C=O) groups is 1. The minimum Gasteiger partial charge on any atom is -0.382 e. The molecule has 2 saturated heterocycles. The average Bonchev–Trinajstić information content (AvgIpc) is 3.63. The number of benzene rings is 2. The number of fused-ring (bicyclic) bond motifs is 2. The van der Waals surface area contributed by atoms with E-state index >= 15 is 0 Å². The molecular weight excluding hydrogens is 548 g/mol. The number of hydrogen-bond acceptors (Lipinski definition) is 9. The Balaban J connectivity index is 0.988. The van der Waals surface area contributed by atoms with Gasteiger partial charge in [0.1, 0.15) is 30.2 Å². The summed E-state index contributed by atoms with van der Waals surface area (Å²) in [6.07, 6.45) is 2.54. The second-order valence-corrected chi connectivity index (χ2v) is 11.7. The van der Waals surface area contributed by atoms with E-state index in [1.807, 2.05) is 55.8 Å². The van der Waals surface area contributed by atoms with E-state index in [0.29, 0.717) is 30.1 Å². The number of nitrogens with zero attached hydrogens (tertiary/aromatic N) is 5. The van der Waals surface area contributed by atoms with Crippen LogP contribution in [-0.2, 0) is 14.2 Å². The van der Waals surface area contributed by atoms with Gasteiger partial charge in [-0.05, 0) is 64.0 Å². The monoisotopic (exact) mass is 586 g/mol. The fourth-order valence-electron chi connectivity index (χ4n) is 5.78. The smallest absolute Gasteiger partial charge is 0.319 e. The van der Waals surface area contributed by atoms with Crippen LogP contribution in [0.1, 0.15) is 32.1 Å². The molecule has 2 aromatic carbocycles. The Labute approximate surface area is 250 Å². The highest BCUT2D eigenvalue weighted by atomic mass is 16.8. The van der Waals surface area contributed by atoms with Crippen LogP contribution >= 0.6 is 0 Å². The molecule has 4 atom stereocenters. The van der Waals surface area contributed by atoms with Crippen molar-refractivity contribution in [3.63, 3.8) is 0 Å². The second kappa shape index (κ2) is 11.9. The van der Waals surface area contributed by atoms with E-state index < -0.39 is 12.0 Å². The summed E-state index contributed by atoms with van der Waals surface area (Å²) >= 11 is 0. The van der Waals surface area contributed by atoms with Gasteiger partial charge < -0.3 is 35.5 Å². The first-order chi connectivity index (χ1) is 20.7. The van der Waals surface area contributed by atoms with Gasteiger partial charge in [0, 0.05) is 18.8 Å². The largest absolute Gasteiger partial charge is 0.382 e. The quantitative estimate of drug-likeness (QED) is 0.249. The van der Waals surface area contributed by atoms with Crippen molar-refractivity contribution < 1.29 is 19.0 Å². The van der Waals surface area contributed by atoms with Gasteiger partial charge in [-0.3, -0.25) is 4.57 Å². The van der Waals surface area contributed by atoms with Crippen LogP contribution in [0.4, 0.5) is 16.3 Å². The van der Waals surface area contributed by atoms with Crippen LogP contribution in [0.25, 0.3) is 22.3 Å². The summed E-state index contributed by atoms with van der Waals surface area (Å²) in [5.41, 5.74) is 11.3. The molecule has 0 radical (unpaired) electrons. The fourth-order valence-corrected chi connectivity index (χ4v) is 5.78. The third kappa shape index (κ3) is 6.32. The lowest BCUT2D eigenvalue weighted by molar-refractivity contribution is -0.197. The summed E-state index contributed by atoms with van der Waals surface area (Å²) in [6, 6.07) is 16.0. The molecule has 12 heteroatoms. The van der Waals surface area contributed by atoms with Gasteiger partial charge in [0.15, 0.2) is 23.5 Å². The molecule has 2 aromatic heterocycles. The van der Waals surface area contributed by atoms with E-state index in [1.54, 1.807) is 6.33 Å². The minimum absolute atomic E-state index is 0.230. The average molecular weight is 587 g/mol. The van der Waals surface area contributed by atoms with Crippen molar-refractivity contribution in [2.45, 2.75) is 57.5 Å². The Morgan fingerprint density at radius 1 is 1.07 bits per heavy atom. The zero-order valence-corrected chi connectivity index (χ0v) is 24.9. The number of likely N-dealkylation sites (N-methyl/N-ethyl adjacent to an activating group) is 1. The van der Waals surface area contributed by atoms with Crippen LogP contribution in [0, 0.1) is 6.92 Å². The summed E-state index contributed by atoms with van der Waals surface area (Å²) in [4.78, 5) is 27.5. The van der Waals surface area contributed by atoms with Gasteiger partial charge in [-0.1, -0.05) is 42.0 Å². The maximum absolute atomic E-state index is 12.5. The first kappa shape index (κ1) is 29.0. The van der Waals surface area contributed by atoms with Crippen LogP contribution in [-0.4, -0.2) is 81.2 Å². The van der Waals surface area contributed by atoms with Gasteiger partial charge in [-0.25, -0.2) is 19.7 Å². The van der Waals surface area contributed by atoms with Gasteiger partial charge in [0.05, 0.1) is 6.33 Å². The summed E-state index contributed by atoms with van der Waals surface area (Å²) in [5, 5.41) is 5.85. The molecule has 2 fully saturated rings. The molecule has 4 aromatic rings. The summed E-state index contributed by atoms with van der Waals surface area (Å²) < 4.78 is 20.9. The van der Waals surface area contributed by atoms with Gasteiger partial charge >= 0.3 is 6.03 Å². The number of aryl methyl sites for hydroxylation is 1. The summed E-state index contributed by atoms with van der Waals surface area (Å²) in [6.45, 7) is 7.81. The van der Waals surface area contributed by atoms with Gasteiger partial charge in [0.2, 0.25) is 0 Å². The van der Waals surface area contributed by atoms with Crippen LogP contribution in [0.15, 0.2) is 61.2 Å². The highest BCUT2D eigenvalue weighted by molar-refractivity contribution is 5.89. The lowest BCUT2D eigenvalue weighted by Gasteiger charge is -2.27. The van der Waals surface area contributed by atoms with Crippen molar-refractivity contribution in [1.29, 1.82) is 0 Å². The maximum atomic E-state index is 12.5. The number of urea groups is 1. The van der Waals surface area contributed by atoms with E-state index in [4.69, 9.17) is 19.9 Å². The number of ether oxygens (including phenoxy) is 3. The minimum atomic E-state index is -0.739. The summed E-state index contributed by atoms with van der Waals surface area (Å²) in [5.74, 6) is -0.423. The van der Waals surface area contributed by atoms with Crippen molar-refractivity contribution in [1.82, 2.24) is 29.7 Å². The molecule has 2 aliphatic rings. The number of anilines is 2. The third-order valence-electron chi connectivity index (χ3n) is 7.77. The van der Waals surface area contributed by atoms with Crippen LogP contribution in [0.5, 0.6) is 0 Å². The number of imidazole rings is 1. The Morgan fingerprint density at radius 3 is 2.65 bits per heavy atom. The molecule has 0 saturated carbocycles. The molecule has 6 rings (SSSR count). The van der Waals surface area contributed by atoms with Crippen LogP contribution < -0.4 is 16.4 Å². The predicted molar refractivity (Wildman–Crippen MR) is 163 cm³/mol. The van der Waals surface area contributed by atoms with Crippen LogP contribution in [0.3, 0.4) is 0 Å². The molecular formula is C31H38N8O4.